The molecule has 242 valence electrons. The molecule has 2 nitrogen and oxygen atoms in total. The highest BCUT2D eigenvalue weighted by molar-refractivity contribution is 6.12. The Morgan fingerprint density at radius 3 is 1.96 bits per heavy atom. The van der Waals surface area contributed by atoms with Crippen LogP contribution < -0.4 is 4.90 Å². The highest BCUT2D eigenvalue weighted by atomic mass is 16.3. The third-order valence-electron chi connectivity index (χ3n) is 10.8. The molecule has 0 fully saturated rings. The van der Waals surface area contributed by atoms with E-state index in [4.69, 9.17) is 4.42 Å². The highest BCUT2D eigenvalue weighted by Crippen LogP contribution is 2.54. The lowest BCUT2D eigenvalue weighted by Crippen LogP contribution is -2.16. The van der Waals surface area contributed by atoms with Crippen LogP contribution >= 0.6 is 0 Å². The van der Waals surface area contributed by atoms with E-state index in [1.165, 1.54) is 60.7 Å². The van der Waals surface area contributed by atoms with Crippen molar-refractivity contribution in [1.82, 2.24) is 0 Å². The Balaban J connectivity index is 1.12. The predicted molar refractivity (Wildman–Crippen MR) is 214 cm³/mol. The summed E-state index contributed by atoms with van der Waals surface area (Å²) in [6.45, 7) is 4.68. The van der Waals surface area contributed by atoms with Gasteiger partial charge in [0.15, 0.2) is 0 Å². The minimum Gasteiger partial charge on any atom is -0.455 e. The van der Waals surface area contributed by atoms with E-state index in [0.717, 1.165) is 33.6 Å². The van der Waals surface area contributed by atoms with Crippen molar-refractivity contribution in [3.05, 3.63) is 187 Å². The lowest BCUT2D eigenvalue weighted by atomic mass is 9.82. The van der Waals surface area contributed by atoms with Gasteiger partial charge in [0.2, 0.25) is 0 Å². The summed E-state index contributed by atoms with van der Waals surface area (Å²) in [4.78, 5) is 2.40. The number of anilines is 3. The number of nitrogens with zero attached hydrogens (tertiary/aromatic N) is 1. The number of hydrogen-bond donors (Lipinski definition) is 0. The first-order valence-corrected chi connectivity index (χ1v) is 17.7. The topological polar surface area (TPSA) is 16.4 Å². The fourth-order valence-electron chi connectivity index (χ4n) is 8.20. The SMILES string of the molecule is CC1(C)c2cc(N(c3ccc(-c4ccc5ccccc5c4)cc3)c3cccc(-c4ccccc4)c3)ccc2-c2c1ccc1c2oc2ccccc21. The molecule has 51 heavy (non-hydrogen) atoms. The zero-order valence-electron chi connectivity index (χ0n) is 28.6. The summed E-state index contributed by atoms with van der Waals surface area (Å²) in [5.74, 6) is 0. The fourth-order valence-corrected chi connectivity index (χ4v) is 8.20. The molecule has 0 N–H and O–H groups in total. The monoisotopic (exact) mass is 653 g/mol. The van der Waals surface area contributed by atoms with E-state index < -0.39 is 0 Å². The van der Waals surface area contributed by atoms with Gasteiger partial charge < -0.3 is 9.32 Å². The molecule has 0 spiro atoms. The Hall–Kier alpha value is -6.38. The summed E-state index contributed by atoms with van der Waals surface area (Å²) in [6.07, 6.45) is 0. The van der Waals surface area contributed by atoms with Crippen LogP contribution in [0, 0.1) is 0 Å². The van der Waals surface area contributed by atoms with Crippen LogP contribution in [0.3, 0.4) is 0 Å². The second-order valence-corrected chi connectivity index (χ2v) is 14.2. The lowest BCUT2D eigenvalue weighted by Gasteiger charge is -2.28. The second-order valence-electron chi connectivity index (χ2n) is 14.2. The predicted octanol–water partition coefficient (Wildman–Crippen LogP) is 13.8. The molecule has 9 aromatic rings. The number of furan rings is 1. The van der Waals surface area contributed by atoms with Crippen LogP contribution in [-0.4, -0.2) is 0 Å². The Labute approximate surface area is 297 Å². The molecule has 0 radical (unpaired) electrons. The van der Waals surface area contributed by atoms with Crippen LogP contribution in [0.2, 0.25) is 0 Å². The van der Waals surface area contributed by atoms with E-state index in [9.17, 15) is 0 Å². The average molecular weight is 654 g/mol. The summed E-state index contributed by atoms with van der Waals surface area (Å²) in [7, 11) is 0. The number of rotatable bonds is 5. The van der Waals surface area contributed by atoms with E-state index in [1.54, 1.807) is 0 Å². The first-order chi connectivity index (χ1) is 25.0. The largest absolute Gasteiger partial charge is 0.455 e. The van der Waals surface area contributed by atoms with Crippen LogP contribution in [0.25, 0.3) is 66.1 Å². The van der Waals surface area contributed by atoms with Crippen molar-refractivity contribution in [2.24, 2.45) is 0 Å². The molecule has 0 unspecified atom stereocenters. The van der Waals surface area contributed by atoms with E-state index in [0.29, 0.717) is 0 Å². The number of benzene rings is 8. The average Bonchev–Trinajstić information content (AvgIpc) is 3.67. The van der Waals surface area contributed by atoms with Crippen LogP contribution in [0.4, 0.5) is 17.1 Å². The molecule has 8 aromatic carbocycles. The quantitative estimate of drug-likeness (QED) is 0.184. The van der Waals surface area contributed by atoms with Crippen molar-refractivity contribution < 1.29 is 4.42 Å². The summed E-state index contributed by atoms with van der Waals surface area (Å²) in [5.41, 5.74) is 14.9. The van der Waals surface area contributed by atoms with Crippen molar-refractivity contribution in [3.63, 3.8) is 0 Å². The normalized spacial score (nSPS) is 13.1. The van der Waals surface area contributed by atoms with Crippen LogP contribution in [0.15, 0.2) is 180 Å². The smallest absolute Gasteiger partial charge is 0.143 e. The van der Waals surface area contributed by atoms with Gasteiger partial charge >= 0.3 is 0 Å². The van der Waals surface area contributed by atoms with Crippen molar-refractivity contribution >= 4 is 49.8 Å². The van der Waals surface area contributed by atoms with Gasteiger partial charge in [-0.15, -0.1) is 0 Å². The summed E-state index contributed by atoms with van der Waals surface area (Å²) in [5, 5.41) is 4.84. The Bertz CT molecular complexity index is 2770. The summed E-state index contributed by atoms with van der Waals surface area (Å²) in [6, 6.07) is 63.7. The Kier molecular flexibility index (Phi) is 6.56. The maximum Gasteiger partial charge on any atom is 0.143 e. The van der Waals surface area contributed by atoms with E-state index >= 15 is 0 Å². The zero-order chi connectivity index (χ0) is 34.1. The molecule has 1 aromatic heterocycles. The molecular weight excluding hydrogens is 619 g/mol. The second kappa shape index (κ2) is 11.3. The summed E-state index contributed by atoms with van der Waals surface area (Å²) >= 11 is 0. The third-order valence-corrected chi connectivity index (χ3v) is 10.8. The minimum atomic E-state index is -0.203. The van der Waals surface area contributed by atoms with Crippen molar-refractivity contribution in [3.8, 4) is 33.4 Å². The van der Waals surface area contributed by atoms with E-state index in [2.05, 4.69) is 189 Å². The number of para-hydroxylation sites is 1. The van der Waals surface area contributed by atoms with Gasteiger partial charge in [-0.05, 0) is 98.2 Å². The molecular formula is C49H35NO. The zero-order valence-corrected chi connectivity index (χ0v) is 28.6. The highest BCUT2D eigenvalue weighted by Gasteiger charge is 2.38. The van der Waals surface area contributed by atoms with Gasteiger partial charge in [0.25, 0.3) is 0 Å². The van der Waals surface area contributed by atoms with Crippen LogP contribution in [-0.2, 0) is 5.41 Å². The maximum atomic E-state index is 6.58. The summed E-state index contributed by atoms with van der Waals surface area (Å²) < 4.78 is 6.58. The molecule has 0 aliphatic heterocycles. The van der Waals surface area contributed by atoms with Gasteiger partial charge in [-0.1, -0.05) is 141 Å². The first-order valence-electron chi connectivity index (χ1n) is 17.7. The van der Waals surface area contributed by atoms with Gasteiger partial charge in [0.05, 0.1) is 0 Å². The minimum absolute atomic E-state index is 0.203. The Morgan fingerprint density at radius 1 is 0.431 bits per heavy atom. The van der Waals surface area contributed by atoms with Gasteiger partial charge in [-0.25, -0.2) is 0 Å². The van der Waals surface area contributed by atoms with Crippen molar-refractivity contribution in [1.29, 1.82) is 0 Å². The molecule has 1 heterocycles. The molecule has 0 amide bonds. The van der Waals surface area contributed by atoms with Gasteiger partial charge in [-0.3, -0.25) is 0 Å². The molecule has 1 aliphatic rings. The van der Waals surface area contributed by atoms with Gasteiger partial charge in [0, 0.05) is 38.8 Å². The van der Waals surface area contributed by atoms with E-state index in [-0.39, 0.29) is 5.41 Å². The molecule has 0 atom stereocenters. The third kappa shape index (κ3) is 4.71. The number of hydrogen-bond acceptors (Lipinski definition) is 2. The Morgan fingerprint density at radius 2 is 1.10 bits per heavy atom. The molecule has 10 rings (SSSR count). The molecule has 1 aliphatic carbocycles. The van der Waals surface area contributed by atoms with Crippen LogP contribution in [0.1, 0.15) is 25.0 Å². The standard InChI is InChI=1S/C49H35NO/c1-49(2)44-28-27-42-41-17-8-9-18-46(41)51-48(42)47(44)43-26-25-40(31-45(43)49)50(39-16-10-15-36(30-39)32-11-4-3-5-12-32)38-23-21-34(22-24-38)37-20-19-33-13-6-7-14-35(33)29-37/h3-31H,1-2H3. The molecule has 0 saturated heterocycles. The van der Waals surface area contributed by atoms with Gasteiger partial charge in [0.1, 0.15) is 11.2 Å². The lowest BCUT2D eigenvalue weighted by molar-refractivity contribution is 0.653. The molecule has 2 heteroatoms. The first kappa shape index (κ1) is 29.5. The maximum absolute atomic E-state index is 6.58. The van der Waals surface area contributed by atoms with Crippen LogP contribution in [0.5, 0.6) is 0 Å². The van der Waals surface area contributed by atoms with Gasteiger partial charge in [-0.2, -0.15) is 0 Å². The fraction of sp³-hybridized carbons (Fsp3) is 0.0612. The number of fused-ring (bicyclic) bond motifs is 8. The molecule has 0 saturated carbocycles. The van der Waals surface area contributed by atoms with Crippen molar-refractivity contribution in [2.45, 2.75) is 19.3 Å². The van der Waals surface area contributed by atoms with E-state index in [1.807, 2.05) is 6.07 Å². The van der Waals surface area contributed by atoms with Crippen molar-refractivity contribution in [2.75, 3.05) is 4.90 Å². The molecule has 0 bridgehead atoms.